The molecule has 7 nitrogen and oxygen atoms in total. The molecule has 8 heteroatoms. The number of aryl methyl sites for hydroxylation is 2. The molecular formula is C23H21N5O2S. The third-order valence-electron chi connectivity index (χ3n) is 4.48. The van der Waals surface area contributed by atoms with Crippen LogP contribution < -0.4 is 10.1 Å². The summed E-state index contributed by atoms with van der Waals surface area (Å²) in [6.45, 7) is 3.97. The first-order valence-electron chi connectivity index (χ1n) is 9.67. The summed E-state index contributed by atoms with van der Waals surface area (Å²) < 4.78 is 7.70. The zero-order valence-corrected chi connectivity index (χ0v) is 18.0. The molecule has 0 bridgehead atoms. The standard InChI is InChI=1S/C23H21N5O2S/c1-16-5-8-19(9-6-16)28-15-25-27-23(28)31-14-22(29)26-18-7-10-21(17(2)12-18)30-20-4-3-11-24-13-20/h3-13,15H,14H2,1-2H3,(H,26,29). The predicted molar refractivity (Wildman–Crippen MR) is 121 cm³/mol. The van der Waals surface area contributed by atoms with Gasteiger partial charge in [-0.25, -0.2) is 0 Å². The van der Waals surface area contributed by atoms with Gasteiger partial charge < -0.3 is 10.1 Å². The van der Waals surface area contributed by atoms with Crippen LogP contribution in [0.4, 0.5) is 5.69 Å². The average Bonchev–Trinajstić information content (AvgIpc) is 3.24. The SMILES string of the molecule is Cc1ccc(-n2cnnc2SCC(=O)Nc2ccc(Oc3cccnc3)c(C)c2)cc1. The third kappa shape index (κ3) is 5.29. The Morgan fingerprint density at radius 1 is 1.13 bits per heavy atom. The number of aromatic nitrogens is 4. The summed E-state index contributed by atoms with van der Waals surface area (Å²) in [5, 5.41) is 11.7. The molecule has 31 heavy (non-hydrogen) atoms. The van der Waals surface area contributed by atoms with Crippen molar-refractivity contribution < 1.29 is 9.53 Å². The first-order chi connectivity index (χ1) is 15.1. The fourth-order valence-corrected chi connectivity index (χ4v) is 3.64. The lowest BCUT2D eigenvalue weighted by atomic mass is 10.2. The van der Waals surface area contributed by atoms with Crippen molar-refractivity contribution in [2.75, 3.05) is 11.1 Å². The van der Waals surface area contributed by atoms with E-state index in [-0.39, 0.29) is 11.7 Å². The number of pyridine rings is 1. The van der Waals surface area contributed by atoms with Gasteiger partial charge in [0.25, 0.3) is 0 Å². The van der Waals surface area contributed by atoms with Crippen LogP contribution >= 0.6 is 11.8 Å². The van der Waals surface area contributed by atoms with Crippen LogP contribution in [0.15, 0.2) is 78.5 Å². The first kappa shape index (κ1) is 20.6. The summed E-state index contributed by atoms with van der Waals surface area (Å²) in [5.41, 5.74) is 3.76. The smallest absolute Gasteiger partial charge is 0.234 e. The number of hydrogen-bond donors (Lipinski definition) is 1. The van der Waals surface area contributed by atoms with Crippen LogP contribution in [0.3, 0.4) is 0 Å². The number of ether oxygens (including phenoxy) is 1. The summed E-state index contributed by atoms with van der Waals surface area (Å²) in [4.78, 5) is 16.5. The van der Waals surface area contributed by atoms with Gasteiger partial charge in [0.2, 0.25) is 5.91 Å². The van der Waals surface area contributed by atoms with Gasteiger partial charge in [-0.15, -0.1) is 10.2 Å². The van der Waals surface area contributed by atoms with Gasteiger partial charge >= 0.3 is 0 Å². The van der Waals surface area contributed by atoms with Crippen LogP contribution in [0.5, 0.6) is 11.5 Å². The molecule has 0 fully saturated rings. The molecule has 4 rings (SSSR count). The van der Waals surface area contributed by atoms with Crippen molar-refractivity contribution in [1.82, 2.24) is 19.7 Å². The number of rotatable bonds is 7. The van der Waals surface area contributed by atoms with Gasteiger partial charge in [-0.1, -0.05) is 29.5 Å². The molecule has 0 saturated carbocycles. The van der Waals surface area contributed by atoms with E-state index in [1.54, 1.807) is 18.7 Å². The molecule has 0 spiro atoms. The molecule has 4 aromatic rings. The second-order valence-electron chi connectivity index (χ2n) is 6.93. The molecule has 2 heterocycles. The van der Waals surface area contributed by atoms with Crippen molar-refractivity contribution in [1.29, 1.82) is 0 Å². The van der Waals surface area contributed by atoms with Crippen LogP contribution in [0, 0.1) is 13.8 Å². The van der Waals surface area contributed by atoms with Crippen LogP contribution in [-0.2, 0) is 4.79 Å². The number of amides is 1. The minimum Gasteiger partial charge on any atom is -0.455 e. The Bertz CT molecular complexity index is 1180. The molecule has 0 saturated heterocycles. The largest absolute Gasteiger partial charge is 0.455 e. The topological polar surface area (TPSA) is 81.9 Å². The summed E-state index contributed by atoms with van der Waals surface area (Å²) in [6, 6.07) is 17.2. The number of carbonyl (C=O) groups is 1. The fourth-order valence-electron chi connectivity index (χ4n) is 2.91. The Hall–Kier alpha value is -3.65. The van der Waals surface area contributed by atoms with E-state index < -0.39 is 0 Å². The molecule has 0 aliphatic rings. The highest BCUT2D eigenvalue weighted by atomic mass is 32.2. The number of nitrogens with zero attached hydrogens (tertiary/aromatic N) is 4. The van der Waals surface area contributed by atoms with Crippen LogP contribution in [-0.4, -0.2) is 31.4 Å². The highest BCUT2D eigenvalue weighted by molar-refractivity contribution is 7.99. The quantitative estimate of drug-likeness (QED) is 0.423. The van der Waals surface area contributed by atoms with Gasteiger partial charge in [-0.05, 0) is 61.9 Å². The molecule has 0 radical (unpaired) electrons. The van der Waals surface area contributed by atoms with Crippen molar-refractivity contribution in [3.8, 4) is 17.2 Å². The second kappa shape index (κ2) is 9.44. The van der Waals surface area contributed by atoms with E-state index in [4.69, 9.17) is 4.74 Å². The summed E-state index contributed by atoms with van der Waals surface area (Å²) in [5.74, 6) is 1.48. The summed E-state index contributed by atoms with van der Waals surface area (Å²) >= 11 is 1.33. The molecule has 2 aromatic carbocycles. The molecule has 156 valence electrons. The molecule has 0 aliphatic heterocycles. The minimum atomic E-state index is -0.121. The molecule has 0 unspecified atom stereocenters. The normalized spacial score (nSPS) is 10.6. The van der Waals surface area contributed by atoms with Gasteiger partial charge in [-0.3, -0.25) is 14.3 Å². The number of nitrogens with one attached hydrogen (secondary N) is 1. The lowest BCUT2D eigenvalue weighted by Crippen LogP contribution is -2.14. The van der Waals surface area contributed by atoms with Gasteiger partial charge in [0.1, 0.15) is 17.8 Å². The van der Waals surface area contributed by atoms with Gasteiger partial charge in [0.15, 0.2) is 5.16 Å². The zero-order valence-electron chi connectivity index (χ0n) is 17.1. The number of thioether (sulfide) groups is 1. The van der Waals surface area contributed by atoms with E-state index in [2.05, 4.69) is 20.5 Å². The minimum absolute atomic E-state index is 0.121. The Kier molecular flexibility index (Phi) is 6.28. The maximum Gasteiger partial charge on any atom is 0.234 e. The van der Waals surface area contributed by atoms with Crippen molar-refractivity contribution >= 4 is 23.4 Å². The Balaban J connectivity index is 1.36. The highest BCUT2D eigenvalue weighted by Crippen LogP contribution is 2.27. The van der Waals surface area contributed by atoms with E-state index in [9.17, 15) is 4.79 Å². The Morgan fingerprint density at radius 3 is 2.71 bits per heavy atom. The third-order valence-corrected chi connectivity index (χ3v) is 5.42. The lowest BCUT2D eigenvalue weighted by molar-refractivity contribution is -0.113. The van der Waals surface area contributed by atoms with E-state index >= 15 is 0 Å². The fraction of sp³-hybridized carbons (Fsp3) is 0.130. The van der Waals surface area contributed by atoms with Crippen molar-refractivity contribution in [3.05, 3.63) is 84.4 Å². The molecule has 1 amide bonds. The summed E-state index contributed by atoms with van der Waals surface area (Å²) in [7, 11) is 0. The molecule has 0 atom stereocenters. The Labute approximate surface area is 184 Å². The predicted octanol–water partition coefficient (Wildman–Crippen LogP) is 4.80. The van der Waals surface area contributed by atoms with Gasteiger partial charge in [-0.2, -0.15) is 0 Å². The van der Waals surface area contributed by atoms with Gasteiger partial charge in [0.05, 0.1) is 11.9 Å². The zero-order chi connectivity index (χ0) is 21.6. The Morgan fingerprint density at radius 2 is 1.97 bits per heavy atom. The average molecular weight is 432 g/mol. The molecular weight excluding hydrogens is 410 g/mol. The van der Waals surface area contributed by atoms with Crippen LogP contribution in [0.25, 0.3) is 5.69 Å². The second-order valence-corrected chi connectivity index (χ2v) is 7.87. The van der Waals surface area contributed by atoms with Gasteiger partial charge in [0, 0.05) is 17.6 Å². The highest BCUT2D eigenvalue weighted by Gasteiger charge is 2.11. The van der Waals surface area contributed by atoms with Crippen molar-refractivity contribution in [2.45, 2.75) is 19.0 Å². The van der Waals surface area contributed by atoms with Crippen LogP contribution in [0.2, 0.25) is 0 Å². The molecule has 0 aliphatic carbocycles. The van der Waals surface area contributed by atoms with Crippen molar-refractivity contribution in [2.24, 2.45) is 0 Å². The summed E-state index contributed by atoms with van der Waals surface area (Å²) in [6.07, 6.45) is 5.00. The molecule has 2 aromatic heterocycles. The molecule has 1 N–H and O–H groups in total. The van der Waals surface area contributed by atoms with Crippen molar-refractivity contribution in [3.63, 3.8) is 0 Å². The number of carbonyl (C=O) groups excluding carboxylic acids is 1. The van der Waals surface area contributed by atoms with E-state index in [0.717, 1.165) is 11.3 Å². The lowest BCUT2D eigenvalue weighted by Gasteiger charge is -2.11. The van der Waals surface area contributed by atoms with E-state index in [1.807, 2.05) is 73.0 Å². The number of benzene rings is 2. The monoisotopic (exact) mass is 431 g/mol. The van der Waals surface area contributed by atoms with Crippen LogP contribution in [0.1, 0.15) is 11.1 Å². The van der Waals surface area contributed by atoms with E-state index in [0.29, 0.717) is 22.3 Å². The van der Waals surface area contributed by atoms with E-state index in [1.165, 1.54) is 17.3 Å². The number of anilines is 1. The maximum absolute atomic E-state index is 12.5. The number of hydrogen-bond acceptors (Lipinski definition) is 6. The first-order valence-corrected chi connectivity index (χ1v) is 10.7. The maximum atomic E-state index is 12.5.